The number of alkyl halides is 3. The molecule has 0 unspecified atom stereocenters. The van der Waals surface area contributed by atoms with Gasteiger partial charge in [-0.25, -0.2) is 8.42 Å². The topological polar surface area (TPSA) is 72.8 Å². The summed E-state index contributed by atoms with van der Waals surface area (Å²) in [5.41, 5.74) is 2.14. The summed E-state index contributed by atoms with van der Waals surface area (Å²) in [7, 11) is -3.50. The second-order valence-electron chi connectivity index (χ2n) is 8.29. The molecule has 11 heteroatoms. The van der Waals surface area contributed by atoms with Gasteiger partial charge in [0.25, 0.3) is 0 Å². The van der Waals surface area contributed by atoms with Crippen molar-refractivity contribution in [3.05, 3.63) is 111 Å². The van der Waals surface area contributed by atoms with Crippen LogP contribution >= 0.6 is 23.2 Å². The van der Waals surface area contributed by atoms with Crippen LogP contribution in [0.4, 0.5) is 13.2 Å². The quantitative estimate of drug-likeness (QED) is 0.228. The van der Waals surface area contributed by atoms with Crippen LogP contribution in [0.2, 0.25) is 10.0 Å². The van der Waals surface area contributed by atoms with Crippen LogP contribution in [-0.4, -0.2) is 44.4 Å². The lowest BCUT2D eigenvalue weighted by Gasteiger charge is -2.19. The molecular weight excluding hydrogens is 564 g/mol. The summed E-state index contributed by atoms with van der Waals surface area (Å²) in [6.07, 6.45) is -4.74. The smallest absolute Gasteiger partial charge is 0.448 e. The van der Waals surface area contributed by atoms with Gasteiger partial charge in [0.2, 0.25) is 0 Å². The van der Waals surface area contributed by atoms with E-state index in [4.69, 9.17) is 37.8 Å². The monoisotopic (exact) mass is 588 g/mol. The highest BCUT2D eigenvalue weighted by atomic mass is 35.5. The van der Waals surface area contributed by atoms with E-state index in [2.05, 4.69) is 0 Å². The third-order valence-electron chi connectivity index (χ3n) is 5.43. The first kappa shape index (κ1) is 29.8. The maximum Gasteiger partial charge on any atom is 0.448 e. The highest BCUT2D eigenvalue weighted by Crippen LogP contribution is 2.28. The van der Waals surface area contributed by atoms with Crippen LogP contribution in [0.3, 0.4) is 0 Å². The zero-order chi connectivity index (χ0) is 27.8. The van der Waals surface area contributed by atoms with Crippen LogP contribution < -0.4 is 4.74 Å². The van der Waals surface area contributed by atoms with Crippen molar-refractivity contribution in [1.29, 1.82) is 0 Å². The molecule has 0 atom stereocenters. The molecule has 0 bridgehead atoms. The Morgan fingerprint density at radius 3 is 1.84 bits per heavy atom. The summed E-state index contributed by atoms with van der Waals surface area (Å²) in [6, 6.07) is 20.3. The van der Waals surface area contributed by atoms with Gasteiger partial charge in [-0.1, -0.05) is 59.6 Å². The summed E-state index contributed by atoms with van der Waals surface area (Å²) >= 11 is 12.0. The second-order valence-corrected chi connectivity index (χ2v) is 11.5. The largest absolute Gasteiger partial charge is 0.504 e. The molecule has 0 aliphatic rings. The van der Waals surface area contributed by atoms with E-state index >= 15 is 0 Å². The molecule has 0 amide bonds. The molecule has 3 rings (SSSR count). The first-order valence-electron chi connectivity index (χ1n) is 11.4. The van der Waals surface area contributed by atoms with Crippen molar-refractivity contribution in [2.75, 3.05) is 24.7 Å². The Bertz CT molecular complexity index is 1260. The molecule has 0 spiro atoms. The fourth-order valence-corrected chi connectivity index (χ4v) is 4.54. The van der Waals surface area contributed by atoms with Gasteiger partial charge in [-0.15, -0.1) is 0 Å². The van der Waals surface area contributed by atoms with E-state index in [1.807, 2.05) is 24.3 Å². The summed E-state index contributed by atoms with van der Waals surface area (Å²) in [5.74, 6) is -1.75. The zero-order valence-electron chi connectivity index (χ0n) is 20.0. The summed E-state index contributed by atoms with van der Waals surface area (Å²) in [4.78, 5) is 0. The highest BCUT2D eigenvalue weighted by Gasteiger charge is 2.33. The molecule has 0 heterocycles. The Balaban J connectivity index is 1.50. The molecule has 0 radical (unpaired) electrons. The van der Waals surface area contributed by atoms with Crippen LogP contribution in [0.15, 0.2) is 84.6 Å². The highest BCUT2D eigenvalue weighted by molar-refractivity contribution is 7.91. The molecule has 3 aromatic carbocycles. The SMILES string of the molecule is O=S(=O)(CCOc1ccc(C/C=C(\O)C(F)(F)F)cc1)CCOC(c1ccc(Cl)cc1)c1ccc(Cl)cc1. The number of halogens is 5. The van der Waals surface area contributed by atoms with E-state index in [0.717, 1.165) is 11.1 Å². The van der Waals surface area contributed by atoms with Crippen molar-refractivity contribution in [1.82, 2.24) is 0 Å². The number of hydrogen-bond donors (Lipinski definition) is 1. The first-order valence-corrected chi connectivity index (χ1v) is 14.0. The number of allylic oxidation sites excluding steroid dienone is 2. The van der Waals surface area contributed by atoms with Crippen LogP contribution in [0.25, 0.3) is 0 Å². The Morgan fingerprint density at radius 2 is 1.34 bits per heavy atom. The van der Waals surface area contributed by atoms with Crippen molar-refractivity contribution in [3.8, 4) is 5.75 Å². The van der Waals surface area contributed by atoms with Crippen LogP contribution in [0.5, 0.6) is 5.75 Å². The van der Waals surface area contributed by atoms with Gasteiger partial charge < -0.3 is 14.6 Å². The number of aliphatic hydroxyl groups excluding tert-OH is 1. The van der Waals surface area contributed by atoms with E-state index in [0.29, 0.717) is 27.4 Å². The number of aliphatic hydroxyl groups is 1. The molecule has 38 heavy (non-hydrogen) atoms. The number of hydrogen-bond acceptors (Lipinski definition) is 5. The van der Waals surface area contributed by atoms with Crippen molar-refractivity contribution in [2.24, 2.45) is 0 Å². The molecule has 0 aliphatic heterocycles. The normalized spacial score (nSPS) is 12.6. The molecule has 1 N–H and O–H groups in total. The van der Waals surface area contributed by atoms with Crippen LogP contribution in [0.1, 0.15) is 22.8 Å². The standard InChI is InChI=1S/C27H25Cl2F3O5S/c28-22-8-4-20(5-9-22)26(21-6-10-23(29)11-7-21)37-16-18-38(34,35)17-15-36-24-12-1-19(2-13-24)3-14-25(33)27(30,31)32/h1-2,4-14,26,33H,3,15-18H2/b25-14-. The van der Waals surface area contributed by atoms with Gasteiger partial charge in [0.1, 0.15) is 18.5 Å². The molecule has 0 aliphatic carbocycles. The summed E-state index contributed by atoms with van der Waals surface area (Å²) < 4.78 is 73.5. The fourth-order valence-electron chi connectivity index (χ4n) is 3.39. The number of sulfone groups is 1. The van der Waals surface area contributed by atoms with Gasteiger partial charge in [-0.2, -0.15) is 13.2 Å². The van der Waals surface area contributed by atoms with E-state index < -0.39 is 27.9 Å². The van der Waals surface area contributed by atoms with Crippen molar-refractivity contribution in [2.45, 2.75) is 18.7 Å². The molecule has 0 saturated carbocycles. The van der Waals surface area contributed by atoms with E-state index in [9.17, 15) is 21.6 Å². The van der Waals surface area contributed by atoms with Crippen LogP contribution in [0, 0.1) is 0 Å². The number of benzene rings is 3. The van der Waals surface area contributed by atoms with Crippen molar-refractivity contribution in [3.63, 3.8) is 0 Å². The third-order valence-corrected chi connectivity index (χ3v) is 7.51. The van der Waals surface area contributed by atoms with Gasteiger partial charge in [-0.3, -0.25) is 0 Å². The zero-order valence-corrected chi connectivity index (χ0v) is 22.3. The lowest BCUT2D eigenvalue weighted by molar-refractivity contribution is -0.120. The Kier molecular flexibility index (Phi) is 10.5. The summed E-state index contributed by atoms with van der Waals surface area (Å²) in [5, 5.41) is 10.1. The predicted octanol–water partition coefficient (Wildman–Crippen LogP) is 7.14. The van der Waals surface area contributed by atoms with Gasteiger partial charge in [0, 0.05) is 10.0 Å². The number of ether oxygens (including phenoxy) is 2. The van der Waals surface area contributed by atoms with E-state index in [1.165, 1.54) is 24.3 Å². The summed E-state index contributed by atoms with van der Waals surface area (Å²) in [6.45, 7) is -0.153. The predicted molar refractivity (Wildman–Crippen MR) is 142 cm³/mol. The molecule has 3 aromatic rings. The third kappa shape index (κ3) is 9.54. The molecule has 0 saturated heterocycles. The van der Waals surface area contributed by atoms with E-state index in [-0.39, 0.29) is 31.1 Å². The fraction of sp³-hybridized carbons (Fsp3) is 0.259. The average molecular weight is 589 g/mol. The van der Waals surface area contributed by atoms with Gasteiger partial charge >= 0.3 is 6.18 Å². The lowest BCUT2D eigenvalue weighted by atomic mass is 10.0. The molecule has 204 valence electrons. The maximum absolute atomic E-state index is 12.5. The Morgan fingerprint density at radius 1 is 0.842 bits per heavy atom. The van der Waals surface area contributed by atoms with Crippen molar-refractivity contribution < 1.29 is 36.2 Å². The average Bonchev–Trinajstić information content (AvgIpc) is 2.87. The maximum atomic E-state index is 12.5. The first-order chi connectivity index (χ1) is 17.9. The van der Waals surface area contributed by atoms with Gasteiger partial charge in [0.05, 0.1) is 18.1 Å². The Hall–Kier alpha value is -2.72. The van der Waals surface area contributed by atoms with Crippen molar-refractivity contribution >= 4 is 33.0 Å². The minimum atomic E-state index is -4.79. The minimum absolute atomic E-state index is 0.0504. The second kappa shape index (κ2) is 13.4. The lowest BCUT2D eigenvalue weighted by Crippen LogP contribution is -2.21. The van der Waals surface area contributed by atoms with Gasteiger partial charge in [0.15, 0.2) is 15.6 Å². The molecule has 0 aromatic heterocycles. The van der Waals surface area contributed by atoms with Crippen LogP contribution in [-0.2, 0) is 21.0 Å². The number of rotatable bonds is 12. The Labute approximate surface area is 229 Å². The molecule has 0 fully saturated rings. The minimum Gasteiger partial charge on any atom is -0.504 e. The molecular formula is C27H25Cl2F3O5S. The van der Waals surface area contributed by atoms with E-state index in [1.54, 1.807) is 24.3 Å². The van der Waals surface area contributed by atoms with Gasteiger partial charge in [-0.05, 0) is 65.6 Å². The molecule has 5 nitrogen and oxygen atoms in total.